The van der Waals surface area contributed by atoms with E-state index in [0.717, 1.165) is 18.2 Å². The molecule has 0 aromatic heterocycles. The standard InChI is InChI=1S/C10H17NO3S/c1-4-9(12)14-6-5-7-15-8(2)10(13)11-3/h4,8H,1,5-7H2,2-3H3,(H,11,13). The summed E-state index contributed by atoms with van der Waals surface area (Å²) in [6.07, 6.45) is 1.88. The zero-order valence-corrected chi connectivity index (χ0v) is 9.93. The van der Waals surface area contributed by atoms with Gasteiger partial charge in [-0.1, -0.05) is 6.58 Å². The second kappa shape index (κ2) is 8.35. The van der Waals surface area contributed by atoms with E-state index >= 15 is 0 Å². The van der Waals surface area contributed by atoms with Crippen LogP contribution in [0.1, 0.15) is 13.3 Å². The van der Waals surface area contributed by atoms with E-state index in [-0.39, 0.29) is 11.2 Å². The van der Waals surface area contributed by atoms with Crippen LogP contribution in [0.5, 0.6) is 0 Å². The van der Waals surface area contributed by atoms with Gasteiger partial charge in [-0.25, -0.2) is 4.79 Å². The van der Waals surface area contributed by atoms with E-state index in [2.05, 4.69) is 11.9 Å². The van der Waals surface area contributed by atoms with Crippen molar-refractivity contribution in [2.24, 2.45) is 0 Å². The molecule has 1 amide bonds. The molecule has 0 fully saturated rings. The van der Waals surface area contributed by atoms with E-state index in [1.807, 2.05) is 6.92 Å². The third-order valence-electron chi connectivity index (χ3n) is 1.68. The number of hydrogen-bond donors (Lipinski definition) is 1. The first-order valence-corrected chi connectivity index (χ1v) is 5.79. The van der Waals surface area contributed by atoms with Crippen molar-refractivity contribution < 1.29 is 14.3 Å². The fraction of sp³-hybridized carbons (Fsp3) is 0.600. The Morgan fingerprint density at radius 2 is 2.27 bits per heavy atom. The number of nitrogens with one attached hydrogen (secondary N) is 1. The molecule has 4 nitrogen and oxygen atoms in total. The molecule has 0 aromatic rings. The van der Waals surface area contributed by atoms with Crippen LogP contribution in [0.15, 0.2) is 12.7 Å². The number of amides is 1. The van der Waals surface area contributed by atoms with Gasteiger partial charge in [-0.05, 0) is 19.1 Å². The molecule has 1 atom stereocenters. The van der Waals surface area contributed by atoms with Crippen LogP contribution in [0.3, 0.4) is 0 Å². The molecule has 15 heavy (non-hydrogen) atoms. The number of thioether (sulfide) groups is 1. The zero-order chi connectivity index (χ0) is 11.7. The minimum Gasteiger partial charge on any atom is -0.463 e. The highest BCUT2D eigenvalue weighted by atomic mass is 32.2. The molecular formula is C10H17NO3S. The first kappa shape index (κ1) is 14.0. The highest BCUT2D eigenvalue weighted by molar-refractivity contribution is 8.00. The number of esters is 1. The fourth-order valence-electron chi connectivity index (χ4n) is 0.830. The zero-order valence-electron chi connectivity index (χ0n) is 9.12. The van der Waals surface area contributed by atoms with E-state index < -0.39 is 5.97 Å². The highest BCUT2D eigenvalue weighted by Crippen LogP contribution is 2.11. The number of ether oxygens (including phenoxy) is 1. The summed E-state index contributed by atoms with van der Waals surface area (Å²) in [7, 11) is 1.62. The summed E-state index contributed by atoms with van der Waals surface area (Å²) in [5.74, 6) is 0.404. The fourth-order valence-corrected chi connectivity index (χ4v) is 1.74. The van der Waals surface area contributed by atoms with Crippen molar-refractivity contribution in [3.63, 3.8) is 0 Å². The van der Waals surface area contributed by atoms with Gasteiger partial charge in [0.05, 0.1) is 11.9 Å². The normalized spacial score (nSPS) is 11.6. The third kappa shape index (κ3) is 7.02. The lowest BCUT2D eigenvalue weighted by Gasteiger charge is -2.08. The van der Waals surface area contributed by atoms with Crippen LogP contribution in [-0.4, -0.2) is 36.5 Å². The van der Waals surface area contributed by atoms with Crippen LogP contribution in [0.2, 0.25) is 0 Å². The van der Waals surface area contributed by atoms with Gasteiger partial charge in [-0.3, -0.25) is 4.79 Å². The number of hydrogen-bond acceptors (Lipinski definition) is 4. The maximum absolute atomic E-state index is 11.1. The quantitative estimate of drug-likeness (QED) is 0.403. The van der Waals surface area contributed by atoms with Crippen molar-refractivity contribution in [1.29, 1.82) is 0 Å². The SMILES string of the molecule is C=CC(=O)OCCCSC(C)C(=O)NC. The van der Waals surface area contributed by atoms with Gasteiger partial charge in [0.25, 0.3) is 0 Å². The molecule has 0 aliphatic carbocycles. The molecule has 0 saturated heterocycles. The minimum absolute atomic E-state index is 0.0167. The van der Waals surface area contributed by atoms with Gasteiger partial charge in [-0.15, -0.1) is 11.8 Å². The largest absolute Gasteiger partial charge is 0.463 e. The second-order valence-corrected chi connectivity index (χ2v) is 4.30. The summed E-state index contributed by atoms with van der Waals surface area (Å²) in [5.41, 5.74) is 0. The monoisotopic (exact) mass is 231 g/mol. The molecule has 0 spiro atoms. The summed E-state index contributed by atoms with van der Waals surface area (Å²) in [6.45, 7) is 5.51. The summed E-state index contributed by atoms with van der Waals surface area (Å²) in [6, 6.07) is 0. The molecule has 0 rings (SSSR count). The molecule has 0 aliphatic heterocycles. The lowest BCUT2D eigenvalue weighted by Crippen LogP contribution is -2.27. The lowest BCUT2D eigenvalue weighted by atomic mass is 10.4. The molecule has 0 bridgehead atoms. The van der Waals surface area contributed by atoms with Crippen LogP contribution in [0.25, 0.3) is 0 Å². The van der Waals surface area contributed by atoms with Crippen LogP contribution >= 0.6 is 11.8 Å². The summed E-state index contributed by atoms with van der Waals surface area (Å²) in [4.78, 5) is 21.8. The van der Waals surface area contributed by atoms with Crippen molar-refractivity contribution in [1.82, 2.24) is 5.32 Å². The number of carbonyl (C=O) groups is 2. The van der Waals surface area contributed by atoms with Gasteiger partial charge in [-0.2, -0.15) is 0 Å². The predicted molar refractivity (Wildman–Crippen MR) is 61.8 cm³/mol. The molecule has 0 aromatic carbocycles. The van der Waals surface area contributed by atoms with Crippen LogP contribution < -0.4 is 5.32 Å². The van der Waals surface area contributed by atoms with Crippen molar-refractivity contribution >= 4 is 23.6 Å². The molecule has 0 radical (unpaired) electrons. The summed E-state index contributed by atoms with van der Waals surface area (Å²) in [5, 5.41) is 2.51. The maximum Gasteiger partial charge on any atom is 0.330 e. The highest BCUT2D eigenvalue weighted by Gasteiger charge is 2.10. The molecule has 5 heteroatoms. The van der Waals surface area contributed by atoms with Crippen LogP contribution in [0, 0.1) is 0 Å². The van der Waals surface area contributed by atoms with Crippen LogP contribution in [-0.2, 0) is 14.3 Å². The van der Waals surface area contributed by atoms with Crippen LogP contribution in [0.4, 0.5) is 0 Å². The topological polar surface area (TPSA) is 55.4 Å². The molecule has 1 N–H and O–H groups in total. The Morgan fingerprint density at radius 1 is 1.60 bits per heavy atom. The van der Waals surface area contributed by atoms with Crippen molar-refractivity contribution in [2.45, 2.75) is 18.6 Å². The van der Waals surface area contributed by atoms with E-state index in [9.17, 15) is 9.59 Å². The van der Waals surface area contributed by atoms with E-state index in [4.69, 9.17) is 4.74 Å². The molecule has 0 saturated carbocycles. The third-order valence-corrected chi connectivity index (χ3v) is 2.92. The Morgan fingerprint density at radius 3 is 2.80 bits per heavy atom. The maximum atomic E-state index is 11.1. The lowest BCUT2D eigenvalue weighted by molar-refractivity contribution is -0.137. The number of rotatable bonds is 7. The smallest absolute Gasteiger partial charge is 0.330 e. The van der Waals surface area contributed by atoms with Crippen molar-refractivity contribution in [2.75, 3.05) is 19.4 Å². The van der Waals surface area contributed by atoms with Gasteiger partial charge in [0.15, 0.2) is 0 Å². The average molecular weight is 231 g/mol. The van der Waals surface area contributed by atoms with Gasteiger partial charge in [0.2, 0.25) is 5.91 Å². The Kier molecular flexibility index (Phi) is 7.81. The first-order valence-electron chi connectivity index (χ1n) is 4.74. The van der Waals surface area contributed by atoms with Gasteiger partial charge in [0.1, 0.15) is 0 Å². The van der Waals surface area contributed by atoms with Gasteiger partial charge in [0, 0.05) is 13.1 Å². The Balaban J connectivity index is 3.42. The summed E-state index contributed by atoms with van der Waals surface area (Å²) < 4.78 is 4.79. The molecule has 0 aliphatic rings. The van der Waals surface area contributed by atoms with Gasteiger partial charge >= 0.3 is 5.97 Å². The Hall–Kier alpha value is -0.970. The molecule has 86 valence electrons. The average Bonchev–Trinajstić information content (AvgIpc) is 2.26. The molecular weight excluding hydrogens is 214 g/mol. The van der Waals surface area contributed by atoms with Crippen molar-refractivity contribution in [3.05, 3.63) is 12.7 Å². The Bertz CT molecular complexity index is 231. The summed E-state index contributed by atoms with van der Waals surface area (Å²) >= 11 is 1.54. The molecule has 0 heterocycles. The number of carbonyl (C=O) groups excluding carboxylic acids is 2. The van der Waals surface area contributed by atoms with Crippen molar-refractivity contribution in [3.8, 4) is 0 Å². The Labute approximate surface area is 94.4 Å². The van der Waals surface area contributed by atoms with E-state index in [1.54, 1.807) is 7.05 Å². The van der Waals surface area contributed by atoms with E-state index in [0.29, 0.717) is 6.61 Å². The predicted octanol–water partition coefficient (Wildman–Crippen LogP) is 0.973. The van der Waals surface area contributed by atoms with Gasteiger partial charge < -0.3 is 10.1 Å². The molecule has 1 unspecified atom stereocenters. The first-order chi connectivity index (χ1) is 7.11. The minimum atomic E-state index is -0.403. The second-order valence-electron chi connectivity index (χ2n) is 2.85. The van der Waals surface area contributed by atoms with E-state index in [1.165, 1.54) is 11.8 Å².